The molecule has 2 rings (SSSR count). The summed E-state index contributed by atoms with van der Waals surface area (Å²) < 4.78 is 1.97. The second-order valence-corrected chi connectivity index (χ2v) is 6.95. The molecule has 0 fully saturated rings. The summed E-state index contributed by atoms with van der Waals surface area (Å²) in [7, 11) is 4.08. The van der Waals surface area contributed by atoms with Crippen LogP contribution in [0.3, 0.4) is 0 Å². The van der Waals surface area contributed by atoms with Crippen LogP contribution in [0.5, 0.6) is 0 Å². The highest BCUT2D eigenvalue weighted by atomic mass is 16.1. The van der Waals surface area contributed by atoms with Gasteiger partial charge in [-0.3, -0.25) is 9.48 Å². The van der Waals surface area contributed by atoms with Gasteiger partial charge in [0.25, 0.3) is 0 Å². The van der Waals surface area contributed by atoms with Crippen molar-refractivity contribution in [2.24, 2.45) is 0 Å². The van der Waals surface area contributed by atoms with Crippen LogP contribution in [0.25, 0.3) is 0 Å². The van der Waals surface area contributed by atoms with Gasteiger partial charge in [-0.25, -0.2) is 0 Å². The Morgan fingerprint density at radius 3 is 2.44 bits per heavy atom. The van der Waals surface area contributed by atoms with Crippen LogP contribution in [-0.4, -0.2) is 41.2 Å². The number of nitrogens with one attached hydrogen (secondary N) is 1. The molecule has 1 aromatic heterocycles. The van der Waals surface area contributed by atoms with E-state index >= 15 is 0 Å². The van der Waals surface area contributed by atoms with Crippen LogP contribution in [0.1, 0.15) is 41.4 Å². The molecule has 5 nitrogen and oxygen atoms in total. The van der Waals surface area contributed by atoms with E-state index in [9.17, 15) is 4.79 Å². The van der Waals surface area contributed by atoms with Gasteiger partial charge in [-0.15, -0.1) is 0 Å². The minimum Gasteiger partial charge on any atom is -0.354 e. The molecule has 0 spiro atoms. The van der Waals surface area contributed by atoms with Gasteiger partial charge >= 0.3 is 0 Å². The minimum absolute atomic E-state index is 0.0977. The zero-order valence-electron chi connectivity index (χ0n) is 16.0. The molecule has 2 aromatic rings. The second-order valence-electron chi connectivity index (χ2n) is 6.95. The van der Waals surface area contributed by atoms with Crippen molar-refractivity contribution < 1.29 is 4.79 Å². The van der Waals surface area contributed by atoms with Gasteiger partial charge in [0.2, 0.25) is 5.91 Å². The Hall–Kier alpha value is -2.14. The fourth-order valence-corrected chi connectivity index (χ4v) is 2.98. The molecule has 0 aliphatic carbocycles. The SMILES string of the molecule is Cc1ccc([C@@H](CNC(=O)CCCn2nc(C)cc2C)N(C)C)cc1. The maximum absolute atomic E-state index is 12.2. The van der Waals surface area contributed by atoms with Crippen molar-refractivity contribution in [3.05, 3.63) is 52.8 Å². The number of rotatable bonds is 8. The number of carbonyl (C=O) groups excluding carboxylic acids is 1. The normalized spacial score (nSPS) is 12.4. The lowest BCUT2D eigenvalue weighted by atomic mass is 10.0. The van der Waals surface area contributed by atoms with E-state index in [1.165, 1.54) is 11.1 Å². The average Bonchev–Trinajstić information content (AvgIpc) is 2.86. The van der Waals surface area contributed by atoms with Crippen molar-refractivity contribution in [3.8, 4) is 0 Å². The Morgan fingerprint density at radius 2 is 1.88 bits per heavy atom. The van der Waals surface area contributed by atoms with Crippen LogP contribution in [0, 0.1) is 20.8 Å². The number of nitrogens with zero attached hydrogens (tertiary/aromatic N) is 3. The van der Waals surface area contributed by atoms with Crippen molar-refractivity contribution in [2.45, 2.75) is 46.2 Å². The third-order valence-corrected chi connectivity index (χ3v) is 4.46. The maximum Gasteiger partial charge on any atom is 0.220 e. The van der Waals surface area contributed by atoms with Crippen LogP contribution in [-0.2, 0) is 11.3 Å². The van der Waals surface area contributed by atoms with Crippen molar-refractivity contribution >= 4 is 5.91 Å². The third kappa shape index (κ3) is 5.71. The average molecular weight is 342 g/mol. The number of aromatic nitrogens is 2. The number of carbonyl (C=O) groups is 1. The first kappa shape index (κ1) is 19.2. The summed E-state index contributed by atoms with van der Waals surface area (Å²) in [6.45, 7) is 7.52. The Balaban J connectivity index is 1.80. The van der Waals surface area contributed by atoms with Crippen LogP contribution < -0.4 is 5.32 Å². The molecule has 0 radical (unpaired) electrons. The van der Waals surface area contributed by atoms with Crippen molar-refractivity contribution in [1.82, 2.24) is 20.0 Å². The van der Waals surface area contributed by atoms with E-state index in [0.717, 1.165) is 24.4 Å². The first-order valence-corrected chi connectivity index (χ1v) is 8.87. The molecule has 0 unspecified atom stereocenters. The summed E-state index contributed by atoms with van der Waals surface area (Å²) in [6.07, 6.45) is 1.32. The molecule has 0 saturated heterocycles. The van der Waals surface area contributed by atoms with E-state index in [0.29, 0.717) is 13.0 Å². The van der Waals surface area contributed by atoms with E-state index in [1.807, 2.05) is 32.6 Å². The first-order chi connectivity index (χ1) is 11.9. The van der Waals surface area contributed by atoms with E-state index in [-0.39, 0.29) is 11.9 Å². The predicted octanol–water partition coefficient (Wildman–Crippen LogP) is 3.01. The molecule has 0 saturated carbocycles. The summed E-state index contributed by atoms with van der Waals surface area (Å²) in [5.41, 5.74) is 4.63. The minimum atomic E-state index is 0.0977. The first-order valence-electron chi connectivity index (χ1n) is 8.87. The molecule has 25 heavy (non-hydrogen) atoms. The lowest BCUT2D eigenvalue weighted by Crippen LogP contribution is -2.34. The number of benzene rings is 1. The number of hydrogen-bond acceptors (Lipinski definition) is 3. The molecule has 1 aromatic carbocycles. The highest BCUT2D eigenvalue weighted by Crippen LogP contribution is 2.18. The number of amides is 1. The van der Waals surface area contributed by atoms with Gasteiger partial charge in [-0.1, -0.05) is 29.8 Å². The molecular formula is C20H30N4O. The Morgan fingerprint density at radius 1 is 1.20 bits per heavy atom. The zero-order chi connectivity index (χ0) is 18.4. The summed E-state index contributed by atoms with van der Waals surface area (Å²) in [5.74, 6) is 0.0977. The highest BCUT2D eigenvalue weighted by Gasteiger charge is 2.15. The number of hydrogen-bond donors (Lipinski definition) is 1. The highest BCUT2D eigenvalue weighted by molar-refractivity contribution is 5.75. The van der Waals surface area contributed by atoms with Gasteiger partial charge in [0, 0.05) is 25.2 Å². The van der Waals surface area contributed by atoms with Gasteiger partial charge in [0.15, 0.2) is 0 Å². The fraction of sp³-hybridized carbons (Fsp3) is 0.500. The van der Waals surface area contributed by atoms with Gasteiger partial charge < -0.3 is 10.2 Å². The van der Waals surface area contributed by atoms with Gasteiger partial charge in [-0.2, -0.15) is 5.10 Å². The van der Waals surface area contributed by atoms with E-state index in [4.69, 9.17) is 0 Å². The molecule has 0 aliphatic rings. The second kappa shape index (κ2) is 8.81. The largest absolute Gasteiger partial charge is 0.354 e. The molecule has 0 aliphatic heterocycles. The van der Waals surface area contributed by atoms with Gasteiger partial charge in [0.05, 0.1) is 11.7 Å². The molecule has 0 bridgehead atoms. The summed E-state index contributed by atoms with van der Waals surface area (Å²) in [6, 6.07) is 10.7. The maximum atomic E-state index is 12.2. The van der Waals surface area contributed by atoms with Gasteiger partial charge in [-0.05, 0) is 52.9 Å². The lowest BCUT2D eigenvalue weighted by molar-refractivity contribution is -0.121. The van der Waals surface area contributed by atoms with Crippen molar-refractivity contribution in [3.63, 3.8) is 0 Å². The molecule has 1 N–H and O–H groups in total. The standard InChI is InChI=1S/C20H30N4O/c1-15-8-10-18(11-9-15)19(23(4)5)14-21-20(25)7-6-12-24-17(3)13-16(2)22-24/h8-11,13,19H,6-7,12,14H2,1-5H3,(H,21,25)/t19-/m1/s1. The van der Waals surface area contributed by atoms with Gasteiger partial charge in [0.1, 0.15) is 0 Å². The monoisotopic (exact) mass is 342 g/mol. The molecular weight excluding hydrogens is 312 g/mol. The van der Waals surface area contributed by atoms with E-state index in [2.05, 4.69) is 52.6 Å². The Labute approximate surface area is 151 Å². The Kier molecular flexibility index (Phi) is 6.76. The van der Waals surface area contributed by atoms with Crippen LogP contribution >= 0.6 is 0 Å². The number of aryl methyl sites for hydroxylation is 4. The number of likely N-dealkylation sites (N-methyl/N-ethyl adjacent to an activating group) is 1. The van der Waals surface area contributed by atoms with E-state index < -0.39 is 0 Å². The van der Waals surface area contributed by atoms with Crippen molar-refractivity contribution in [1.29, 1.82) is 0 Å². The summed E-state index contributed by atoms with van der Waals surface area (Å²) in [5, 5.41) is 7.50. The van der Waals surface area contributed by atoms with Crippen LogP contribution in [0.15, 0.2) is 30.3 Å². The summed E-state index contributed by atoms with van der Waals surface area (Å²) in [4.78, 5) is 14.3. The third-order valence-electron chi connectivity index (χ3n) is 4.46. The topological polar surface area (TPSA) is 50.2 Å². The Bertz CT molecular complexity index is 688. The quantitative estimate of drug-likeness (QED) is 0.802. The molecule has 1 heterocycles. The molecule has 1 atom stereocenters. The molecule has 5 heteroatoms. The van der Waals surface area contributed by atoms with Crippen LogP contribution in [0.4, 0.5) is 0 Å². The van der Waals surface area contributed by atoms with E-state index in [1.54, 1.807) is 0 Å². The molecule has 1 amide bonds. The fourth-order valence-electron chi connectivity index (χ4n) is 2.98. The lowest BCUT2D eigenvalue weighted by Gasteiger charge is -2.25. The van der Waals surface area contributed by atoms with Crippen LogP contribution in [0.2, 0.25) is 0 Å². The summed E-state index contributed by atoms with van der Waals surface area (Å²) >= 11 is 0. The smallest absolute Gasteiger partial charge is 0.220 e. The predicted molar refractivity (Wildman–Crippen MR) is 102 cm³/mol. The zero-order valence-corrected chi connectivity index (χ0v) is 16.0. The van der Waals surface area contributed by atoms with Crippen molar-refractivity contribution in [2.75, 3.05) is 20.6 Å². The molecule has 136 valence electrons.